The average Bonchev–Trinajstić information content (AvgIpc) is 2.92. The van der Waals surface area contributed by atoms with Gasteiger partial charge in [-0.2, -0.15) is 5.26 Å². The molecule has 0 bridgehead atoms. The second-order valence-corrected chi connectivity index (χ2v) is 9.04. The fourth-order valence-electron chi connectivity index (χ4n) is 2.29. The van der Waals surface area contributed by atoms with Gasteiger partial charge in [-0.15, -0.1) is 11.8 Å². The van der Waals surface area contributed by atoms with Gasteiger partial charge in [0.05, 0.1) is 29.6 Å². The van der Waals surface area contributed by atoms with Crippen molar-refractivity contribution < 1.29 is 22.7 Å². The number of thioether (sulfide) groups is 1. The Balaban J connectivity index is 1.94. The number of ether oxygens (including phenoxy) is 1. The van der Waals surface area contributed by atoms with E-state index in [-0.39, 0.29) is 29.7 Å². The lowest BCUT2D eigenvalue weighted by atomic mass is 10.2. The zero-order valence-electron chi connectivity index (χ0n) is 13.4. The number of sulfone groups is 1. The lowest BCUT2D eigenvalue weighted by Crippen LogP contribution is -2.29. The number of hydrogen-bond donors (Lipinski definition) is 1. The van der Waals surface area contributed by atoms with Crippen molar-refractivity contribution in [3.63, 3.8) is 0 Å². The zero-order valence-corrected chi connectivity index (χ0v) is 15.1. The third-order valence-corrected chi connectivity index (χ3v) is 6.81. The summed E-state index contributed by atoms with van der Waals surface area (Å²) < 4.78 is 28.1. The van der Waals surface area contributed by atoms with Crippen LogP contribution in [0.3, 0.4) is 0 Å². The maximum Gasteiger partial charge on any atom is 0.339 e. The number of amides is 1. The normalized spacial score (nSPS) is 18.3. The molecule has 7 nitrogen and oxygen atoms in total. The highest BCUT2D eigenvalue weighted by Crippen LogP contribution is 2.33. The van der Waals surface area contributed by atoms with Crippen LogP contribution in [0.1, 0.15) is 23.2 Å². The summed E-state index contributed by atoms with van der Waals surface area (Å²) in [4.78, 5) is 24.4. The average molecular weight is 382 g/mol. The van der Waals surface area contributed by atoms with Gasteiger partial charge in [0, 0.05) is 16.7 Å². The summed E-state index contributed by atoms with van der Waals surface area (Å²) in [5, 5.41) is 10.8. The van der Waals surface area contributed by atoms with Gasteiger partial charge in [-0.25, -0.2) is 13.2 Å². The molecule has 0 saturated carbocycles. The molecule has 1 saturated heterocycles. The molecule has 1 atom stereocenters. The topological polar surface area (TPSA) is 113 Å². The van der Waals surface area contributed by atoms with Crippen molar-refractivity contribution in [1.82, 2.24) is 5.32 Å². The van der Waals surface area contributed by atoms with E-state index in [1.807, 2.05) is 6.07 Å². The Morgan fingerprint density at radius 1 is 1.36 bits per heavy atom. The van der Waals surface area contributed by atoms with Crippen LogP contribution in [-0.4, -0.2) is 50.2 Å². The van der Waals surface area contributed by atoms with Crippen LogP contribution in [0.2, 0.25) is 0 Å². The first kappa shape index (κ1) is 19.3. The molecule has 1 amide bonds. The number of nitrogens with one attached hydrogen (secondary N) is 1. The summed E-state index contributed by atoms with van der Waals surface area (Å²) in [6, 6.07) is 8.65. The molecule has 1 aromatic carbocycles. The summed E-state index contributed by atoms with van der Waals surface area (Å²) in [5.74, 6) is -0.849. The maximum absolute atomic E-state index is 12.2. The molecule has 9 heteroatoms. The zero-order chi connectivity index (χ0) is 18.3. The van der Waals surface area contributed by atoms with Gasteiger partial charge in [-0.05, 0) is 18.6 Å². The van der Waals surface area contributed by atoms with E-state index in [0.717, 1.165) is 0 Å². The molecule has 1 aliphatic heterocycles. The van der Waals surface area contributed by atoms with Gasteiger partial charge >= 0.3 is 5.97 Å². The second-order valence-electron chi connectivity index (χ2n) is 5.47. The van der Waals surface area contributed by atoms with E-state index < -0.39 is 28.3 Å². The van der Waals surface area contributed by atoms with Crippen molar-refractivity contribution in [2.75, 3.05) is 24.7 Å². The summed E-state index contributed by atoms with van der Waals surface area (Å²) in [6.45, 7) is -0.226. The molecule has 0 unspecified atom stereocenters. The van der Waals surface area contributed by atoms with E-state index in [9.17, 15) is 18.0 Å². The van der Waals surface area contributed by atoms with Gasteiger partial charge in [0.25, 0.3) is 5.91 Å². The first-order valence-electron chi connectivity index (χ1n) is 7.68. The molecule has 0 aromatic heterocycles. The Morgan fingerprint density at radius 3 is 2.80 bits per heavy atom. The molecule has 1 aromatic rings. The van der Waals surface area contributed by atoms with Crippen molar-refractivity contribution in [3.05, 3.63) is 29.8 Å². The minimum atomic E-state index is -2.99. The summed E-state index contributed by atoms with van der Waals surface area (Å²) in [6.07, 6.45) is 0.737. The Labute approximate surface area is 150 Å². The number of esters is 1. The van der Waals surface area contributed by atoms with Crippen LogP contribution in [0.4, 0.5) is 0 Å². The fraction of sp³-hybridized carbons (Fsp3) is 0.438. The number of carbonyl (C=O) groups is 2. The number of benzene rings is 1. The first-order chi connectivity index (χ1) is 11.9. The van der Waals surface area contributed by atoms with Gasteiger partial charge in [0.15, 0.2) is 16.4 Å². The molecular weight excluding hydrogens is 364 g/mol. The van der Waals surface area contributed by atoms with E-state index in [1.54, 1.807) is 24.3 Å². The standard InChI is InChI=1S/C16H18N2O5S2/c17-7-3-8-18-15(19)10-23-16(20)13-4-1-2-5-14(13)24-12-6-9-25(21,22)11-12/h1-2,4-5,12H,3,6,8-11H2,(H,18,19)/t12-/m0/s1. The molecule has 1 aliphatic rings. The molecule has 0 spiro atoms. The molecule has 25 heavy (non-hydrogen) atoms. The van der Waals surface area contributed by atoms with Crippen molar-refractivity contribution >= 4 is 33.5 Å². The first-order valence-corrected chi connectivity index (χ1v) is 10.4. The minimum Gasteiger partial charge on any atom is -0.452 e. The highest BCUT2D eigenvalue weighted by molar-refractivity contribution is 8.02. The summed E-state index contributed by atoms with van der Waals surface area (Å²) in [5.41, 5.74) is 0.307. The molecule has 1 fully saturated rings. The van der Waals surface area contributed by atoms with E-state index in [1.165, 1.54) is 11.8 Å². The molecular formula is C16H18N2O5S2. The number of nitriles is 1. The van der Waals surface area contributed by atoms with E-state index in [0.29, 0.717) is 16.9 Å². The van der Waals surface area contributed by atoms with Gasteiger partial charge in [-0.3, -0.25) is 4.79 Å². The van der Waals surface area contributed by atoms with Crippen molar-refractivity contribution in [2.45, 2.75) is 23.0 Å². The highest BCUT2D eigenvalue weighted by Gasteiger charge is 2.29. The summed E-state index contributed by atoms with van der Waals surface area (Å²) >= 11 is 1.34. The lowest BCUT2D eigenvalue weighted by Gasteiger charge is -2.12. The predicted octanol–water partition coefficient (Wildman–Crippen LogP) is 1.15. The molecule has 0 radical (unpaired) electrons. The maximum atomic E-state index is 12.2. The van der Waals surface area contributed by atoms with Gasteiger partial charge in [0.1, 0.15) is 0 Å². The van der Waals surface area contributed by atoms with Crippen LogP contribution in [0.25, 0.3) is 0 Å². The number of carbonyl (C=O) groups excluding carboxylic acids is 2. The number of hydrogen-bond acceptors (Lipinski definition) is 7. The highest BCUT2D eigenvalue weighted by atomic mass is 32.2. The number of rotatable bonds is 7. The smallest absolute Gasteiger partial charge is 0.339 e. The Kier molecular flexibility index (Phi) is 6.84. The monoisotopic (exact) mass is 382 g/mol. The van der Waals surface area contributed by atoms with Crippen LogP contribution in [0.15, 0.2) is 29.2 Å². The Hall–Kier alpha value is -2.05. The summed E-state index contributed by atoms with van der Waals surface area (Å²) in [7, 11) is -2.99. The Morgan fingerprint density at radius 2 is 2.12 bits per heavy atom. The lowest BCUT2D eigenvalue weighted by molar-refractivity contribution is -0.124. The van der Waals surface area contributed by atoms with Crippen LogP contribution < -0.4 is 5.32 Å². The van der Waals surface area contributed by atoms with E-state index >= 15 is 0 Å². The van der Waals surface area contributed by atoms with Crippen LogP contribution in [0.5, 0.6) is 0 Å². The molecule has 134 valence electrons. The van der Waals surface area contributed by atoms with Crippen LogP contribution >= 0.6 is 11.8 Å². The number of nitrogens with zero attached hydrogens (tertiary/aromatic N) is 1. The van der Waals surface area contributed by atoms with Crippen molar-refractivity contribution in [2.24, 2.45) is 0 Å². The van der Waals surface area contributed by atoms with Crippen molar-refractivity contribution in [1.29, 1.82) is 5.26 Å². The second kappa shape index (κ2) is 8.87. The molecule has 2 rings (SSSR count). The Bertz CT molecular complexity index is 786. The minimum absolute atomic E-state index is 0.0896. The SMILES string of the molecule is N#CCCNC(=O)COC(=O)c1ccccc1S[C@H]1CCS(=O)(=O)C1. The van der Waals surface area contributed by atoms with Crippen LogP contribution in [-0.2, 0) is 19.4 Å². The van der Waals surface area contributed by atoms with E-state index in [2.05, 4.69) is 5.32 Å². The largest absolute Gasteiger partial charge is 0.452 e. The van der Waals surface area contributed by atoms with Gasteiger partial charge in [-0.1, -0.05) is 12.1 Å². The van der Waals surface area contributed by atoms with E-state index in [4.69, 9.17) is 10.00 Å². The quantitative estimate of drug-likeness (QED) is 0.556. The molecule has 1 N–H and O–H groups in total. The van der Waals surface area contributed by atoms with Gasteiger partial charge in [0.2, 0.25) is 0 Å². The van der Waals surface area contributed by atoms with Crippen LogP contribution in [0, 0.1) is 11.3 Å². The fourth-order valence-corrected chi connectivity index (χ4v) is 5.91. The third-order valence-electron chi connectivity index (χ3n) is 3.48. The predicted molar refractivity (Wildman–Crippen MR) is 92.9 cm³/mol. The van der Waals surface area contributed by atoms with Crippen molar-refractivity contribution in [3.8, 4) is 6.07 Å². The molecule has 1 heterocycles. The third kappa shape index (κ3) is 6.07. The van der Waals surface area contributed by atoms with Gasteiger partial charge < -0.3 is 10.1 Å². The molecule has 0 aliphatic carbocycles.